The fourth-order valence-corrected chi connectivity index (χ4v) is 0.928. The standard InChI is InChI=1S/C8H14N4.HI/c1-8(9)11-3-2-5-12-6-4-10-7-12;/h4,6-7H,2-3,5H2,1H3,(H2,9,11);1H/p-1. The van der Waals surface area contributed by atoms with Crippen molar-refractivity contribution >= 4 is 5.84 Å². The number of hydrogen-bond donors (Lipinski definition) is 1. The van der Waals surface area contributed by atoms with Gasteiger partial charge in [0.05, 0.1) is 12.2 Å². The predicted molar refractivity (Wildman–Crippen MR) is 49.0 cm³/mol. The maximum atomic E-state index is 5.38. The zero-order valence-corrected chi connectivity index (χ0v) is 9.81. The lowest BCUT2D eigenvalue weighted by molar-refractivity contribution is -0.00000289. The quantitative estimate of drug-likeness (QED) is 0.293. The lowest BCUT2D eigenvalue weighted by Gasteiger charge is -1.98. The third-order valence-corrected chi connectivity index (χ3v) is 1.49. The molecule has 0 fully saturated rings. The van der Waals surface area contributed by atoms with Crippen LogP contribution >= 0.6 is 0 Å². The lowest BCUT2D eigenvalue weighted by Crippen LogP contribution is -3.00. The molecule has 0 amide bonds. The number of halogens is 1. The minimum absolute atomic E-state index is 0. The van der Waals surface area contributed by atoms with Gasteiger partial charge in [0, 0.05) is 25.5 Å². The normalized spacial score (nSPS) is 11.0. The van der Waals surface area contributed by atoms with Gasteiger partial charge in [-0.1, -0.05) is 0 Å². The van der Waals surface area contributed by atoms with Gasteiger partial charge in [-0.3, -0.25) is 4.99 Å². The molecule has 0 saturated heterocycles. The fraction of sp³-hybridized carbons (Fsp3) is 0.500. The summed E-state index contributed by atoms with van der Waals surface area (Å²) in [7, 11) is 0. The summed E-state index contributed by atoms with van der Waals surface area (Å²) in [5.41, 5.74) is 5.38. The molecule has 4 nitrogen and oxygen atoms in total. The molecule has 0 bridgehead atoms. The molecule has 0 spiro atoms. The molecule has 1 aromatic rings. The van der Waals surface area contributed by atoms with E-state index in [1.807, 2.05) is 10.8 Å². The van der Waals surface area contributed by atoms with E-state index >= 15 is 0 Å². The first-order chi connectivity index (χ1) is 5.79. The Kier molecular flexibility index (Phi) is 6.56. The van der Waals surface area contributed by atoms with Gasteiger partial charge in [0.2, 0.25) is 0 Å². The smallest absolute Gasteiger partial charge is 0.0945 e. The van der Waals surface area contributed by atoms with Gasteiger partial charge in [0.25, 0.3) is 0 Å². The summed E-state index contributed by atoms with van der Waals surface area (Å²) in [6.45, 7) is 3.55. The molecule has 0 aliphatic heterocycles. The molecule has 0 aliphatic rings. The highest BCUT2D eigenvalue weighted by Gasteiger charge is 1.88. The largest absolute Gasteiger partial charge is 1.00 e. The molecular weight excluding hydrogens is 279 g/mol. The number of hydrogen-bond acceptors (Lipinski definition) is 2. The molecule has 74 valence electrons. The third kappa shape index (κ3) is 5.62. The molecule has 0 aliphatic carbocycles. The van der Waals surface area contributed by atoms with Crippen molar-refractivity contribution in [1.29, 1.82) is 0 Å². The molecule has 1 aromatic heterocycles. The van der Waals surface area contributed by atoms with Crippen LogP contribution in [0.4, 0.5) is 0 Å². The van der Waals surface area contributed by atoms with Crippen LogP contribution in [0.3, 0.4) is 0 Å². The summed E-state index contributed by atoms with van der Waals surface area (Å²) in [6.07, 6.45) is 6.53. The second-order valence-electron chi connectivity index (χ2n) is 2.68. The van der Waals surface area contributed by atoms with Gasteiger partial charge in [-0.05, 0) is 13.3 Å². The van der Waals surface area contributed by atoms with Gasteiger partial charge < -0.3 is 34.3 Å². The second kappa shape index (κ2) is 6.88. The van der Waals surface area contributed by atoms with Crippen LogP contribution in [0.5, 0.6) is 0 Å². The third-order valence-electron chi connectivity index (χ3n) is 1.49. The molecule has 0 unspecified atom stereocenters. The Hall–Kier alpha value is -0.590. The number of aromatic nitrogens is 2. The van der Waals surface area contributed by atoms with E-state index in [4.69, 9.17) is 5.73 Å². The monoisotopic (exact) mass is 293 g/mol. The zero-order valence-electron chi connectivity index (χ0n) is 7.65. The Bertz CT molecular complexity index is 239. The first-order valence-electron chi connectivity index (χ1n) is 4.01. The maximum Gasteiger partial charge on any atom is 0.0945 e. The predicted octanol–water partition coefficient (Wildman–Crippen LogP) is -2.35. The average Bonchev–Trinajstić information content (AvgIpc) is 2.49. The second-order valence-corrected chi connectivity index (χ2v) is 2.68. The van der Waals surface area contributed by atoms with Gasteiger partial charge in [-0.15, -0.1) is 0 Å². The van der Waals surface area contributed by atoms with E-state index in [1.165, 1.54) is 0 Å². The van der Waals surface area contributed by atoms with Crippen LogP contribution in [0.15, 0.2) is 23.7 Å². The van der Waals surface area contributed by atoms with E-state index in [0.717, 1.165) is 19.5 Å². The first kappa shape index (κ1) is 12.4. The summed E-state index contributed by atoms with van der Waals surface area (Å²) in [5, 5.41) is 0. The molecule has 1 rings (SSSR count). The minimum atomic E-state index is 0. The van der Waals surface area contributed by atoms with Crippen LogP contribution in [0.25, 0.3) is 0 Å². The lowest BCUT2D eigenvalue weighted by atomic mass is 10.4. The van der Waals surface area contributed by atoms with Crippen molar-refractivity contribution in [1.82, 2.24) is 9.55 Å². The van der Waals surface area contributed by atoms with Crippen molar-refractivity contribution in [2.75, 3.05) is 6.54 Å². The van der Waals surface area contributed by atoms with E-state index in [1.54, 1.807) is 19.4 Å². The van der Waals surface area contributed by atoms with Gasteiger partial charge in [0.15, 0.2) is 0 Å². The molecule has 5 heteroatoms. The molecule has 13 heavy (non-hydrogen) atoms. The average molecular weight is 293 g/mol. The number of nitrogens with zero attached hydrogens (tertiary/aromatic N) is 3. The first-order valence-corrected chi connectivity index (χ1v) is 4.01. The Morgan fingerprint density at radius 3 is 2.92 bits per heavy atom. The van der Waals surface area contributed by atoms with E-state index in [9.17, 15) is 0 Å². The Morgan fingerprint density at radius 2 is 2.38 bits per heavy atom. The van der Waals surface area contributed by atoms with Crippen molar-refractivity contribution in [3.05, 3.63) is 18.7 Å². The van der Waals surface area contributed by atoms with E-state index in [0.29, 0.717) is 5.84 Å². The summed E-state index contributed by atoms with van der Waals surface area (Å²) in [6, 6.07) is 0. The van der Waals surface area contributed by atoms with Gasteiger partial charge in [-0.2, -0.15) is 0 Å². The summed E-state index contributed by atoms with van der Waals surface area (Å²) in [4.78, 5) is 8.02. The van der Waals surface area contributed by atoms with Crippen molar-refractivity contribution in [3.8, 4) is 0 Å². The van der Waals surface area contributed by atoms with Gasteiger partial charge in [0.1, 0.15) is 0 Å². The molecule has 0 saturated carbocycles. The number of nitrogens with two attached hydrogens (primary N) is 1. The van der Waals surface area contributed by atoms with Crippen LogP contribution in [0.1, 0.15) is 13.3 Å². The van der Waals surface area contributed by atoms with Crippen molar-refractivity contribution in [2.45, 2.75) is 19.9 Å². The molecule has 0 radical (unpaired) electrons. The summed E-state index contributed by atoms with van der Waals surface area (Å²) < 4.78 is 2.03. The Labute approximate surface area is 95.3 Å². The topological polar surface area (TPSA) is 56.2 Å². The summed E-state index contributed by atoms with van der Waals surface area (Å²) in [5.74, 6) is 0.653. The number of imidazole rings is 1. The number of aliphatic imine (C=N–C) groups is 1. The van der Waals surface area contributed by atoms with E-state index in [2.05, 4.69) is 9.98 Å². The SMILES string of the molecule is CC(N)=NCCCn1ccnc1.[I-]. The van der Waals surface area contributed by atoms with Crippen LogP contribution in [0.2, 0.25) is 0 Å². The van der Waals surface area contributed by atoms with Gasteiger partial charge >= 0.3 is 0 Å². The molecular formula is C8H14IN4-. The molecule has 0 atom stereocenters. The fourth-order valence-electron chi connectivity index (χ4n) is 0.928. The number of amidine groups is 1. The van der Waals surface area contributed by atoms with E-state index < -0.39 is 0 Å². The van der Waals surface area contributed by atoms with Crippen molar-refractivity contribution < 1.29 is 24.0 Å². The van der Waals surface area contributed by atoms with Crippen LogP contribution in [-0.4, -0.2) is 21.9 Å². The molecule has 1 heterocycles. The Morgan fingerprint density at radius 1 is 1.62 bits per heavy atom. The number of aryl methyl sites for hydroxylation is 1. The Balaban J connectivity index is 0.00000144. The van der Waals surface area contributed by atoms with Crippen molar-refractivity contribution in [3.63, 3.8) is 0 Å². The van der Waals surface area contributed by atoms with Gasteiger partial charge in [-0.25, -0.2) is 4.98 Å². The van der Waals surface area contributed by atoms with Crippen LogP contribution < -0.4 is 29.7 Å². The highest BCUT2D eigenvalue weighted by atomic mass is 127. The van der Waals surface area contributed by atoms with Crippen molar-refractivity contribution in [2.24, 2.45) is 10.7 Å². The molecule has 0 aromatic carbocycles. The van der Waals surface area contributed by atoms with Crippen LogP contribution in [0, 0.1) is 0 Å². The number of rotatable bonds is 4. The highest BCUT2D eigenvalue weighted by molar-refractivity contribution is 5.77. The molecule has 2 N–H and O–H groups in total. The zero-order chi connectivity index (χ0) is 8.81. The minimum Gasteiger partial charge on any atom is -1.00 e. The summed E-state index contributed by atoms with van der Waals surface area (Å²) >= 11 is 0. The van der Waals surface area contributed by atoms with E-state index in [-0.39, 0.29) is 24.0 Å². The highest BCUT2D eigenvalue weighted by Crippen LogP contribution is 1.90. The van der Waals surface area contributed by atoms with Crippen LogP contribution in [-0.2, 0) is 6.54 Å². The maximum absolute atomic E-state index is 5.38.